The Balaban J connectivity index is 2.02. The van der Waals surface area contributed by atoms with E-state index in [1.165, 1.54) is 11.8 Å². The molecular formula is C13H11N5O3. The molecule has 2 aromatic heterocycles. The predicted molar refractivity (Wildman–Crippen MR) is 70.4 cm³/mol. The maximum Gasteiger partial charge on any atom is 0.302 e. The van der Waals surface area contributed by atoms with Crippen LogP contribution in [-0.4, -0.2) is 38.2 Å². The smallest absolute Gasteiger partial charge is 0.302 e. The highest BCUT2D eigenvalue weighted by atomic mass is 16.6. The number of carbonyl (C=O) groups is 1. The standard InChI is InChI=1S/C13H11N5O3/c1-8-10(11(19)9-6-4-3-5-7-9)14-17-18(8)12-13(20-2)16-21-15-12/h3-7H,1-2H3. The summed E-state index contributed by atoms with van der Waals surface area (Å²) in [6.45, 7) is 1.71. The molecule has 0 spiro atoms. The lowest BCUT2D eigenvalue weighted by Gasteiger charge is -2.00. The van der Waals surface area contributed by atoms with E-state index in [0.717, 1.165) is 0 Å². The second-order valence-corrected chi connectivity index (χ2v) is 4.23. The number of ketones is 1. The largest absolute Gasteiger partial charge is 0.476 e. The quantitative estimate of drug-likeness (QED) is 0.664. The lowest BCUT2D eigenvalue weighted by atomic mass is 10.1. The van der Waals surface area contributed by atoms with Crippen molar-refractivity contribution in [3.05, 3.63) is 47.3 Å². The summed E-state index contributed by atoms with van der Waals surface area (Å²) in [7, 11) is 1.44. The molecule has 0 atom stereocenters. The van der Waals surface area contributed by atoms with Gasteiger partial charge in [-0.25, -0.2) is 4.63 Å². The minimum Gasteiger partial charge on any atom is -0.476 e. The van der Waals surface area contributed by atoms with E-state index in [-0.39, 0.29) is 23.2 Å². The molecular weight excluding hydrogens is 274 g/mol. The minimum absolute atomic E-state index is 0.168. The van der Waals surface area contributed by atoms with Crippen LogP contribution < -0.4 is 4.74 Å². The second kappa shape index (κ2) is 5.16. The number of hydrogen-bond donors (Lipinski definition) is 0. The van der Waals surface area contributed by atoms with E-state index >= 15 is 0 Å². The number of carbonyl (C=O) groups excluding carboxylic acids is 1. The molecule has 0 N–H and O–H groups in total. The molecule has 106 valence electrons. The molecule has 1 aromatic carbocycles. The van der Waals surface area contributed by atoms with E-state index < -0.39 is 0 Å². The lowest BCUT2D eigenvalue weighted by molar-refractivity contribution is 0.103. The zero-order valence-corrected chi connectivity index (χ0v) is 11.3. The first-order valence-electron chi connectivity index (χ1n) is 6.11. The van der Waals surface area contributed by atoms with Crippen molar-refractivity contribution in [3.63, 3.8) is 0 Å². The van der Waals surface area contributed by atoms with Gasteiger partial charge in [0.2, 0.25) is 5.78 Å². The third-order valence-electron chi connectivity index (χ3n) is 2.98. The van der Waals surface area contributed by atoms with Gasteiger partial charge in [-0.3, -0.25) is 4.79 Å². The summed E-state index contributed by atoms with van der Waals surface area (Å²) in [5.74, 6) is 0.200. The third-order valence-corrected chi connectivity index (χ3v) is 2.98. The topological polar surface area (TPSA) is 95.9 Å². The van der Waals surface area contributed by atoms with Gasteiger partial charge in [0.15, 0.2) is 5.69 Å². The number of nitrogens with zero attached hydrogens (tertiary/aromatic N) is 5. The van der Waals surface area contributed by atoms with Crippen LogP contribution in [0.5, 0.6) is 5.88 Å². The SMILES string of the molecule is COc1nonc1-n1nnc(C(=O)c2ccccc2)c1C. The van der Waals surface area contributed by atoms with Gasteiger partial charge in [-0.15, -0.1) is 5.10 Å². The van der Waals surface area contributed by atoms with E-state index in [0.29, 0.717) is 11.3 Å². The molecule has 0 aliphatic heterocycles. The fraction of sp³-hybridized carbons (Fsp3) is 0.154. The van der Waals surface area contributed by atoms with Crippen molar-refractivity contribution >= 4 is 5.78 Å². The van der Waals surface area contributed by atoms with Crippen molar-refractivity contribution in [1.29, 1.82) is 0 Å². The molecule has 3 rings (SSSR count). The number of ether oxygens (including phenoxy) is 1. The Bertz CT molecular complexity index is 778. The molecule has 8 heteroatoms. The Kier molecular flexibility index (Phi) is 3.19. The first-order valence-corrected chi connectivity index (χ1v) is 6.11. The van der Waals surface area contributed by atoms with Crippen LogP contribution in [0.2, 0.25) is 0 Å². The maximum absolute atomic E-state index is 12.4. The minimum atomic E-state index is -0.213. The van der Waals surface area contributed by atoms with Gasteiger partial charge in [0, 0.05) is 5.56 Å². The molecule has 0 amide bonds. The lowest BCUT2D eigenvalue weighted by Crippen LogP contribution is -2.06. The van der Waals surface area contributed by atoms with Crippen molar-refractivity contribution in [2.24, 2.45) is 0 Å². The summed E-state index contributed by atoms with van der Waals surface area (Å²) in [6, 6.07) is 8.86. The first-order chi connectivity index (χ1) is 10.2. The molecule has 0 saturated carbocycles. The number of benzene rings is 1. The Labute approximate surface area is 119 Å². The van der Waals surface area contributed by atoms with Gasteiger partial charge in [-0.05, 0) is 17.2 Å². The zero-order chi connectivity index (χ0) is 14.8. The normalized spacial score (nSPS) is 10.6. The number of hydrogen-bond acceptors (Lipinski definition) is 7. The van der Waals surface area contributed by atoms with Crippen molar-refractivity contribution in [2.75, 3.05) is 7.11 Å². The second-order valence-electron chi connectivity index (χ2n) is 4.23. The Hall–Kier alpha value is -3.03. The third kappa shape index (κ3) is 2.16. The summed E-state index contributed by atoms with van der Waals surface area (Å²) in [5, 5.41) is 15.1. The molecule has 3 aromatic rings. The summed E-state index contributed by atoms with van der Waals surface area (Å²) in [4.78, 5) is 12.4. The van der Waals surface area contributed by atoms with Gasteiger partial charge in [-0.2, -0.15) is 4.68 Å². The molecule has 0 aliphatic rings. The summed E-state index contributed by atoms with van der Waals surface area (Å²) >= 11 is 0. The average Bonchev–Trinajstić information content (AvgIpc) is 3.13. The van der Waals surface area contributed by atoms with E-state index in [4.69, 9.17) is 4.74 Å². The van der Waals surface area contributed by atoms with E-state index in [1.807, 2.05) is 6.07 Å². The monoisotopic (exact) mass is 285 g/mol. The van der Waals surface area contributed by atoms with E-state index in [9.17, 15) is 4.79 Å². The van der Waals surface area contributed by atoms with Crippen LogP contribution >= 0.6 is 0 Å². The molecule has 0 radical (unpaired) electrons. The molecule has 0 aliphatic carbocycles. The van der Waals surface area contributed by atoms with Crippen LogP contribution in [0.25, 0.3) is 5.82 Å². The fourth-order valence-electron chi connectivity index (χ4n) is 1.90. The highest BCUT2D eigenvalue weighted by Crippen LogP contribution is 2.20. The summed E-state index contributed by atoms with van der Waals surface area (Å²) in [5.41, 5.74) is 1.31. The maximum atomic E-state index is 12.4. The van der Waals surface area contributed by atoms with E-state index in [2.05, 4.69) is 25.3 Å². The summed E-state index contributed by atoms with van der Waals surface area (Å²) in [6.07, 6.45) is 0. The van der Waals surface area contributed by atoms with Crippen LogP contribution in [0, 0.1) is 6.92 Å². The van der Waals surface area contributed by atoms with Crippen LogP contribution in [0.4, 0.5) is 0 Å². The fourth-order valence-corrected chi connectivity index (χ4v) is 1.90. The van der Waals surface area contributed by atoms with Crippen LogP contribution in [0.3, 0.4) is 0 Å². The van der Waals surface area contributed by atoms with Crippen LogP contribution in [0.15, 0.2) is 35.0 Å². The predicted octanol–water partition coefficient (Wildman–Crippen LogP) is 1.20. The highest BCUT2D eigenvalue weighted by Gasteiger charge is 2.22. The van der Waals surface area contributed by atoms with Crippen molar-refractivity contribution in [2.45, 2.75) is 6.92 Å². The van der Waals surface area contributed by atoms with Gasteiger partial charge in [0.25, 0.3) is 5.82 Å². The first kappa shape index (κ1) is 13.0. The molecule has 0 fully saturated rings. The molecule has 2 heterocycles. The van der Waals surface area contributed by atoms with Gasteiger partial charge >= 0.3 is 5.88 Å². The molecule has 0 bridgehead atoms. The number of aromatic nitrogens is 5. The molecule has 21 heavy (non-hydrogen) atoms. The molecule has 8 nitrogen and oxygen atoms in total. The van der Waals surface area contributed by atoms with Gasteiger partial charge in [0.05, 0.1) is 12.8 Å². The van der Waals surface area contributed by atoms with Crippen LogP contribution in [-0.2, 0) is 0 Å². The number of rotatable bonds is 4. The Morgan fingerprint density at radius 1 is 1.24 bits per heavy atom. The number of methoxy groups -OCH3 is 1. The van der Waals surface area contributed by atoms with Gasteiger partial charge < -0.3 is 4.74 Å². The average molecular weight is 285 g/mol. The zero-order valence-electron chi connectivity index (χ0n) is 11.3. The Morgan fingerprint density at radius 3 is 2.71 bits per heavy atom. The van der Waals surface area contributed by atoms with E-state index in [1.54, 1.807) is 31.2 Å². The molecule has 0 unspecified atom stereocenters. The van der Waals surface area contributed by atoms with Crippen LogP contribution in [0.1, 0.15) is 21.7 Å². The Morgan fingerprint density at radius 2 is 2.00 bits per heavy atom. The van der Waals surface area contributed by atoms with Gasteiger partial charge in [-0.1, -0.05) is 35.5 Å². The summed E-state index contributed by atoms with van der Waals surface area (Å²) < 4.78 is 11.0. The van der Waals surface area contributed by atoms with Crippen molar-refractivity contribution in [3.8, 4) is 11.7 Å². The van der Waals surface area contributed by atoms with Gasteiger partial charge in [0.1, 0.15) is 0 Å². The van der Waals surface area contributed by atoms with Crippen molar-refractivity contribution < 1.29 is 14.2 Å². The van der Waals surface area contributed by atoms with Crippen molar-refractivity contribution in [1.82, 2.24) is 25.3 Å². The highest BCUT2D eigenvalue weighted by molar-refractivity contribution is 6.08. The molecule has 0 saturated heterocycles.